The smallest absolute Gasteiger partial charge is 0.306 e. The van der Waals surface area contributed by atoms with Gasteiger partial charge in [-0.2, -0.15) is 0 Å². The Labute approximate surface area is 94.2 Å². The van der Waals surface area contributed by atoms with Crippen LogP contribution >= 0.6 is 11.6 Å². The normalized spacial score (nSPS) is 20.3. The van der Waals surface area contributed by atoms with Crippen molar-refractivity contribution in [2.24, 2.45) is 0 Å². The third-order valence-electron chi connectivity index (χ3n) is 2.65. The number of hydrogen-bond acceptors (Lipinski definition) is 2. The van der Waals surface area contributed by atoms with Gasteiger partial charge in [-0.25, -0.2) is 0 Å². The molecule has 0 N–H and O–H groups in total. The fraction of sp³-hybridized carbons (Fsp3) is 0.417. The zero-order chi connectivity index (χ0) is 10.7. The zero-order valence-corrected chi connectivity index (χ0v) is 9.17. The molecule has 1 aromatic rings. The van der Waals surface area contributed by atoms with Crippen molar-refractivity contribution < 1.29 is 9.53 Å². The van der Waals surface area contributed by atoms with Gasteiger partial charge in [0.15, 0.2) is 0 Å². The molecule has 80 valence electrons. The number of rotatable bonds is 3. The lowest BCUT2D eigenvalue weighted by atomic mass is 9.99. The number of aryl methyl sites for hydroxylation is 1. The Kier molecular flexibility index (Phi) is 3.27. The van der Waals surface area contributed by atoms with Gasteiger partial charge in [0.1, 0.15) is 6.10 Å². The summed E-state index contributed by atoms with van der Waals surface area (Å²) in [6.45, 7) is 0. The average molecular weight is 225 g/mol. The van der Waals surface area contributed by atoms with Crippen LogP contribution in [0.4, 0.5) is 0 Å². The lowest BCUT2D eigenvalue weighted by Crippen LogP contribution is -2.03. The highest BCUT2D eigenvalue weighted by atomic mass is 35.5. The number of cyclic esters (lactones) is 1. The lowest BCUT2D eigenvalue weighted by Gasteiger charge is -2.13. The van der Waals surface area contributed by atoms with E-state index >= 15 is 0 Å². The molecule has 0 aromatic heterocycles. The van der Waals surface area contributed by atoms with Crippen LogP contribution in [0.15, 0.2) is 24.3 Å². The maximum Gasteiger partial charge on any atom is 0.306 e. The molecule has 1 aliphatic rings. The zero-order valence-electron chi connectivity index (χ0n) is 8.41. The Morgan fingerprint density at radius 3 is 2.87 bits per heavy atom. The first-order chi connectivity index (χ1) is 7.31. The Hall–Kier alpha value is -1.02. The van der Waals surface area contributed by atoms with E-state index in [-0.39, 0.29) is 12.1 Å². The molecule has 1 aromatic carbocycles. The highest BCUT2D eigenvalue weighted by Gasteiger charge is 2.26. The predicted molar refractivity (Wildman–Crippen MR) is 58.9 cm³/mol. The van der Waals surface area contributed by atoms with E-state index in [9.17, 15) is 4.79 Å². The van der Waals surface area contributed by atoms with Crippen molar-refractivity contribution >= 4 is 17.6 Å². The van der Waals surface area contributed by atoms with Crippen molar-refractivity contribution in [2.75, 3.05) is 5.88 Å². The fourth-order valence-electron chi connectivity index (χ4n) is 1.92. The number of carbonyl (C=O) groups is 1. The monoisotopic (exact) mass is 224 g/mol. The molecule has 1 saturated heterocycles. The van der Waals surface area contributed by atoms with Crippen LogP contribution in [0.3, 0.4) is 0 Å². The van der Waals surface area contributed by atoms with E-state index in [2.05, 4.69) is 0 Å². The highest BCUT2D eigenvalue weighted by molar-refractivity contribution is 6.18. The van der Waals surface area contributed by atoms with E-state index in [4.69, 9.17) is 16.3 Å². The molecule has 2 nitrogen and oxygen atoms in total. The summed E-state index contributed by atoms with van der Waals surface area (Å²) in [5.41, 5.74) is 2.30. The number of carbonyl (C=O) groups excluding carboxylic acids is 1. The molecule has 15 heavy (non-hydrogen) atoms. The van der Waals surface area contributed by atoms with Gasteiger partial charge in [0.05, 0.1) is 0 Å². The van der Waals surface area contributed by atoms with Gasteiger partial charge in [-0.1, -0.05) is 24.3 Å². The molecule has 3 heteroatoms. The van der Waals surface area contributed by atoms with Crippen LogP contribution in [-0.2, 0) is 16.0 Å². The number of alkyl halides is 1. The second-order valence-corrected chi connectivity index (χ2v) is 4.03. The molecule has 1 aliphatic heterocycles. The van der Waals surface area contributed by atoms with Crippen molar-refractivity contribution in [3.8, 4) is 0 Å². The molecule has 1 fully saturated rings. The van der Waals surface area contributed by atoms with Gasteiger partial charge in [-0.3, -0.25) is 4.79 Å². The fourth-order valence-corrected chi connectivity index (χ4v) is 2.13. The topological polar surface area (TPSA) is 26.3 Å². The van der Waals surface area contributed by atoms with Gasteiger partial charge in [0.2, 0.25) is 0 Å². The molecule has 0 bridgehead atoms. The minimum absolute atomic E-state index is 0.0584. The Balaban J connectivity index is 2.22. The first-order valence-corrected chi connectivity index (χ1v) is 5.68. The van der Waals surface area contributed by atoms with Crippen LogP contribution in [0.2, 0.25) is 0 Å². The molecule has 0 radical (unpaired) electrons. The second kappa shape index (κ2) is 4.67. The van der Waals surface area contributed by atoms with Crippen LogP contribution in [0.1, 0.15) is 30.1 Å². The number of hydrogen-bond donors (Lipinski definition) is 0. The van der Waals surface area contributed by atoms with Gasteiger partial charge in [-0.15, -0.1) is 11.6 Å². The predicted octanol–water partition coefficient (Wildman–Crippen LogP) is 2.85. The van der Waals surface area contributed by atoms with E-state index in [1.54, 1.807) is 0 Å². The van der Waals surface area contributed by atoms with Crippen molar-refractivity contribution in [3.05, 3.63) is 35.4 Å². The van der Waals surface area contributed by atoms with Crippen LogP contribution in [0.5, 0.6) is 0 Å². The third kappa shape index (κ3) is 2.32. The van der Waals surface area contributed by atoms with Gasteiger partial charge in [0, 0.05) is 12.3 Å². The van der Waals surface area contributed by atoms with Crippen LogP contribution in [0.25, 0.3) is 0 Å². The molecule has 1 unspecified atom stereocenters. The minimum Gasteiger partial charge on any atom is -0.457 e. The summed E-state index contributed by atoms with van der Waals surface area (Å²) < 4.78 is 5.25. The summed E-state index contributed by atoms with van der Waals surface area (Å²) in [6, 6.07) is 8.02. The lowest BCUT2D eigenvalue weighted by molar-refractivity contribution is -0.141. The molecular formula is C12H13ClO2. The van der Waals surface area contributed by atoms with Crippen molar-refractivity contribution in [2.45, 2.75) is 25.4 Å². The first kappa shape index (κ1) is 10.5. The quantitative estimate of drug-likeness (QED) is 0.583. The number of benzene rings is 1. The van der Waals surface area contributed by atoms with Crippen LogP contribution < -0.4 is 0 Å². The standard InChI is InChI=1S/C12H13ClO2/c13-8-7-9-3-1-2-4-10(9)11-5-6-12(14)15-11/h1-4,11H,5-8H2. The van der Waals surface area contributed by atoms with Crippen molar-refractivity contribution in [1.29, 1.82) is 0 Å². The van der Waals surface area contributed by atoms with Crippen molar-refractivity contribution in [1.82, 2.24) is 0 Å². The molecular weight excluding hydrogens is 212 g/mol. The summed E-state index contributed by atoms with van der Waals surface area (Å²) in [5.74, 6) is 0.498. The molecule has 2 rings (SSSR count). The molecule has 0 aliphatic carbocycles. The summed E-state index contributed by atoms with van der Waals surface area (Å²) in [6.07, 6.45) is 2.08. The first-order valence-electron chi connectivity index (χ1n) is 5.14. The van der Waals surface area contributed by atoms with Crippen molar-refractivity contribution in [3.63, 3.8) is 0 Å². The van der Waals surface area contributed by atoms with E-state index < -0.39 is 0 Å². The summed E-state index contributed by atoms with van der Waals surface area (Å²) >= 11 is 5.74. The van der Waals surface area contributed by atoms with E-state index in [1.807, 2.05) is 24.3 Å². The minimum atomic E-state index is -0.0966. The number of esters is 1. The van der Waals surface area contributed by atoms with E-state index in [0.29, 0.717) is 12.3 Å². The largest absolute Gasteiger partial charge is 0.457 e. The Morgan fingerprint density at radius 1 is 1.40 bits per heavy atom. The highest BCUT2D eigenvalue weighted by Crippen LogP contribution is 2.31. The maximum atomic E-state index is 11.0. The van der Waals surface area contributed by atoms with Gasteiger partial charge in [0.25, 0.3) is 0 Å². The number of ether oxygens (including phenoxy) is 1. The SMILES string of the molecule is O=C1CCC(c2ccccc2CCCl)O1. The van der Waals surface area contributed by atoms with Crippen LogP contribution in [-0.4, -0.2) is 11.8 Å². The summed E-state index contributed by atoms with van der Waals surface area (Å²) in [7, 11) is 0. The molecule has 1 atom stereocenters. The molecule has 1 heterocycles. The van der Waals surface area contributed by atoms with Crippen LogP contribution in [0, 0.1) is 0 Å². The molecule has 0 spiro atoms. The van der Waals surface area contributed by atoms with Gasteiger partial charge >= 0.3 is 5.97 Å². The molecule has 0 amide bonds. The summed E-state index contributed by atoms with van der Waals surface area (Å²) in [5, 5.41) is 0. The second-order valence-electron chi connectivity index (χ2n) is 3.65. The Bertz CT molecular complexity index is 362. The Morgan fingerprint density at radius 2 is 2.20 bits per heavy atom. The molecule has 0 saturated carbocycles. The van der Waals surface area contributed by atoms with Gasteiger partial charge in [-0.05, 0) is 24.0 Å². The van der Waals surface area contributed by atoms with Gasteiger partial charge < -0.3 is 4.74 Å². The summed E-state index contributed by atoms with van der Waals surface area (Å²) in [4.78, 5) is 11.0. The third-order valence-corrected chi connectivity index (χ3v) is 2.84. The number of halogens is 1. The maximum absolute atomic E-state index is 11.0. The van der Waals surface area contributed by atoms with E-state index in [0.717, 1.165) is 18.4 Å². The average Bonchev–Trinajstić information content (AvgIpc) is 2.66. The van der Waals surface area contributed by atoms with E-state index in [1.165, 1.54) is 5.56 Å².